The molecule has 19 heavy (non-hydrogen) atoms. The molecular weight excluding hydrogens is 327 g/mol. The van der Waals surface area contributed by atoms with E-state index in [1.807, 2.05) is 0 Å². The molecule has 1 aromatic carbocycles. The third kappa shape index (κ3) is 5.28. The van der Waals surface area contributed by atoms with E-state index < -0.39 is 19.2 Å². The van der Waals surface area contributed by atoms with Crippen molar-refractivity contribution < 1.29 is 22.6 Å². The fourth-order valence-electron chi connectivity index (χ4n) is 1.49. The van der Waals surface area contributed by atoms with Crippen molar-refractivity contribution in [2.24, 2.45) is 0 Å². The zero-order chi connectivity index (χ0) is 14.5. The van der Waals surface area contributed by atoms with Crippen molar-refractivity contribution in [3.05, 3.63) is 22.2 Å². The quantitative estimate of drug-likeness (QED) is 0.858. The van der Waals surface area contributed by atoms with Gasteiger partial charge in [0, 0.05) is 6.54 Å². The lowest BCUT2D eigenvalue weighted by molar-refractivity contribution is -0.139. The number of rotatable bonds is 6. The summed E-state index contributed by atoms with van der Waals surface area (Å²) in [4.78, 5) is 0. The normalized spacial score (nSPS) is 11.5. The second kappa shape index (κ2) is 7.00. The fourth-order valence-corrected chi connectivity index (χ4v) is 2.09. The first-order valence-corrected chi connectivity index (χ1v) is 6.37. The van der Waals surface area contributed by atoms with Crippen LogP contribution >= 0.6 is 15.9 Å². The molecule has 1 aromatic rings. The molecule has 0 aliphatic heterocycles. The molecule has 0 spiro atoms. The van der Waals surface area contributed by atoms with Gasteiger partial charge in [0.25, 0.3) is 0 Å². The van der Waals surface area contributed by atoms with Crippen molar-refractivity contribution in [3.63, 3.8) is 0 Å². The van der Waals surface area contributed by atoms with Crippen molar-refractivity contribution in [2.75, 3.05) is 20.8 Å². The van der Waals surface area contributed by atoms with E-state index in [9.17, 15) is 13.2 Å². The maximum atomic E-state index is 12.1. The zero-order valence-corrected chi connectivity index (χ0v) is 12.2. The summed E-state index contributed by atoms with van der Waals surface area (Å²) in [5, 5.41) is 2.98. The zero-order valence-electron chi connectivity index (χ0n) is 10.6. The van der Waals surface area contributed by atoms with Gasteiger partial charge in [-0.05, 0) is 40.7 Å². The van der Waals surface area contributed by atoms with Crippen LogP contribution in [-0.2, 0) is 6.54 Å². The molecule has 7 heteroatoms. The Bertz CT molecular complexity index is 424. The smallest absolute Gasteiger partial charge is 0.392 e. The van der Waals surface area contributed by atoms with Gasteiger partial charge in [-0.2, -0.15) is 13.2 Å². The Hall–Kier alpha value is -0.950. The molecule has 0 atom stereocenters. The lowest BCUT2D eigenvalue weighted by Gasteiger charge is -2.15. The highest BCUT2D eigenvalue weighted by molar-refractivity contribution is 9.10. The molecule has 0 bridgehead atoms. The second-order valence-corrected chi connectivity index (χ2v) is 4.71. The summed E-state index contributed by atoms with van der Waals surface area (Å²) in [6, 6.07) is 3.51. The molecule has 0 amide bonds. The lowest BCUT2D eigenvalue weighted by atomic mass is 10.2. The number of hydrogen-bond acceptors (Lipinski definition) is 3. The van der Waals surface area contributed by atoms with Gasteiger partial charge in [0.05, 0.1) is 24.6 Å². The Labute approximate surface area is 118 Å². The van der Waals surface area contributed by atoms with Crippen molar-refractivity contribution in [2.45, 2.75) is 19.1 Å². The van der Waals surface area contributed by atoms with E-state index in [1.54, 1.807) is 19.2 Å². The standard InChI is InChI=1S/C12H15BrF3NO2/c1-17-7-8-5-9(13)11(10(6-8)18-2)19-4-3-12(14,15)16/h5-6,17H,3-4,7H2,1-2H3. The molecular formula is C12H15BrF3NO2. The van der Waals surface area contributed by atoms with E-state index in [2.05, 4.69) is 21.2 Å². The minimum atomic E-state index is -4.23. The molecule has 1 rings (SSSR count). The van der Waals surface area contributed by atoms with Crippen molar-refractivity contribution in [1.29, 1.82) is 0 Å². The Morgan fingerprint density at radius 2 is 2.00 bits per heavy atom. The van der Waals surface area contributed by atoms with E-state index in [-0.39, 0.29) is 5.75 Å². The molecule has 0 aliphatic rings. The van der Waals surface area contributed by atoms with Crippen LogP contribution in [0.15, 0.2) is 16.6 Å². The van der Waals surface area contributed by atoms with Crippen LogP contribution in [0.3, 0.4) is 0 Å². The molecule has 3 nitrogen and oxygen atoms in total. The molecule has 0 fully saturated rings. The van der Waals surface area contributed by atoms with Crippen LogP contribution in [0.5, 0.6) is 11.5 Å². The van der Waals surface area contributed by atoms with Gasteiger partial charge in [-0.25, -0.2) is 0 Å². The van der Waals surface area contributed by atoms with E-state index >= 15 is 0 Å². The Morgan fingerprint density at radius 3 is 2.53 bits per heavy atom. The fraction of sp³-hybridized carbons (Fsp3) is 0.500. The van der Waals surface area contributed by atoms with E-state index in [1.165, 1.54) is 7.11 Å². The van der Waals surface area contributed by atoms with E-state index in [0.29, 0.717) is 16.8 Å². The number of ether oxygens (including phenoxy) is 2. The van der Waals surface area contributed by atoms with E-state index in [4.69, 9.17) is 9.47 Å². The van der Waals surface area contributed by atoms with Gasteiger partial charge < -0.3 is 14.8 Å². The van der Waals surface area contributed by atoms with Crippen molar-refractivity contribution >= 4 is 15.9 Å². The molecule has 0 radical (unpaired) electrons. The minimum absolute atomic E-state index is 0.284. The summed E-state index contributed by atoms with van der Waals surface area (Å²) in [6.07, 6.45) is -5.23. The number of methoxy groups -OCH3 is 1. The Balaban J connectivity index is 2.82. The Kier molecular flexibility index (Phi) is 5.93. The van der Waals surface area contributed by atoms with Crippen molar-refractivity contribution in [3.8, 4) is 11.5 Å². The highest BCUT2D eigenvalue weighted by Crippen LogP contribution is 2.37. The maximum Gasteiger partial charge on any atom is 0.392 e. The van der Waals surface area contributed by atoms with Crippen LogP contribution in [0.4, 0.5) is 13.2 Å². The van der Waals surface area contributed by atoms with Gasteiger partial charge in [-0.15, -0.1) is 0 Å². The Morgan fingerprint density at radius 1 is 1.32 bits per heavy atom. The predicted molar refractivity (Wildman–Crippen MR) is 69.6 cm³/mol. The summed E-state index contributed by atoms with van der Waals surface area (Å²) in [5.41, 5.74) is 0.939. The topological polar surface area (TPSA) is 30.5 Å². The predicted octanol–water partition coefficient (Wildman–Crippen LogP) is 3.51. The lowest BCUT2D eigenvalue weighted by Crippen LogP contribution is -2.13. The van der Waals surface area contributed by atoms with Crippen LogP contribution < -0.4 is 14.8 Å². The number of alkyl halides is 3. The molecule has 0 saturated heterocycles. The van der Waals surface area contributed by atoms with E-state index in [0.717, 1.165) is 5.56 Å². The first kappa shape index (κ1) is 16.1. The van der Waals surface area contributed by atoms with Gasteiger partial charge in [0.15, 0.2) is 11.5 Å². The first-order valence-electron chi connectivity index (χ1n) is 5.58. The summed E-state index contributed by atoms with van der Waals surface area (Å²) in [7, 11) is 3.25. The average Bonchev–Trinajstić information content (AvgIpc) is 2.30. The largest absolute Gasteiger partial charge is 0.493 e. The van der Waals surface area contributed by atoms with Gasteiger partial charge in [0.1, 0.15) is 0 Å². The number of nitrogens with one attached hydrogen (secondary N) is 1. The number of hydrogen-bond donors (Lipinski definition) is 1. The average molecular weight is 342 g/mol. The van der Waals surface area contributed by atoms with Crippen LogP contribution in [-0.4, -0.2) is 26.9 Å². The molecule has 0 heterocycles. The van der Waals surface area contributed by atoms with Crippen LogP contribution in [0, 0.1) is 0 Å². The molecule has 1 N–H and O–H groups in total. The summed E-state index contributed by atoms with van der Waals surface area (Å²) < 4.78 is 47.1. The van der Waals surface area contributed by atoms with Gasteiger partial charge in [0.2, 0.25) is 0 Å². The molecule has 0 aromatic heterocycles. The third-order valence-corrected chi connectivity index (χ3v) is 2.89. The van der Waals surface area contributed by atoms with Crippen molar-refractivity contribution in [1.82, 2.24) is 5.32 Å². The maximum absolute atomic E-state index is 12.1. The van der Waals surface area contributed by atoms with Crippen LogP contribution in [0.1, 0.15) is 12.0 Å². The molecule has 0 unspecified atom stereocenters. The molecule has 108 valence electrons. The minimum Gasteiger partial charge on any atom is -0.493 e. The third-order valence-electron chi connectivity index (χ3n) is 2.30. The van der Waals surface area contributed by atoms with Gasteiger partial charge in [-0.3, -0.25) is 0 Å². The first-order chi connectivity index (χ1) is 8.87. The number of halogens is 4. The monoisotopic (exact) mass is 341 g/mol. The van der Waals surface area contributed by atoms with Gasteiger partial charge in [-0.1, -0.05) is 0 Å². The van der Waals surface area contributed by atoms with Crippen LogP contribution in [0.25, 0.3) is 0 Å². The summed E-state index contributed by atoms with van der Waals surface area (Å²) in [5.74, 6) is 0.688. The highest BCUT2D eigenvalue weighted by atomic mass is 79.9. The summed E-state index contributed by atoms with van der Waals surface area (Å²) >= 11 is 3.28. The number of benzene rings is 1. The summed E-state index contributed by atoms with van der Waals surface area (Å²) in [6.45, 7) is 0.182. The second-order valence-electron chi connectivity index (χ2n) is 3.85. The highest BCUT2D eigenvalue weighted by Gasteiger charge is 2.27. The SMILES string of the molecule is CNCc1cc(Br)c(OCCC(F)(F)F)c(OC)c1. The van der Waals surface area contributed by atoms with Crippen LogP contribution in [0.2, 0.25) is 0 Å². The molecule has 0 aliphatic carbocycles. The van der Waals surface area contributed by atoms with Gasteiger partial charge >= 0.3 is 6.18 Å². The molecule has 0 saturated carbocycles.